The molecule has 2 N–H and O–H groups in total. The van der Waals surface area contributed by atoms with Crippen LogP contribution in [0.3, 0.4) is 0 Å². The summed E-state index contributed by atoms with van der Waals surface area (Å²) in [5.74, 6) is 0.899. The smallest absolute Gasteiger partial charge is 0.0921 e. The van der Waals surface area contributed by atoms with E-state index in [9.17, 15) is 0 Å². The molecule has 3 nitrogen and oxygen atoms in total. The fraction of sp³-hybridized carbons (Fsp3) is 0.769. The summed E-state index contributed by atoms with van der Waals surface area (Å²) in [6.07, 6.45) is 11.7. The lowest BCUT2D eigenvalue weighted by Gasteiger charge is -2.31. The van der Waals surface area contributed by atoms with E-state index in [4.69, 9.17) is 0 Å². The van der Waals surface area contributed by atoms with Gasteiger partial charge < -0.3 is 10.3 Å². The van der Waals surface area contributed by atoms with Gasteiger partial charge in [-0.25, -0.2) is 4.98 Å². The minimum Gasteiger partial charge on any atom is -0.348 e. The van der Waals surface area contributed by atoms with Crippen LogP contribution in [0.5, 0.6) is 0 Å². The molecular formula is C13H23N3. The van der Waals surface area contributed by atoms with E-state index in [1.165, 1.54) is 37.8 Å². The molecule has 2 atom stereocenters. The van der Waals surface area contributed by atoms with E-state index in [0.717, 1.165) is 24.9 Å². The number of nitrogens with zero attached hydrogens (tertiary/aromatic N) is 1. The second kappa shape index (κ2) is 6.04. The Morgan fingerprint density at radius 2 is 2.31 bits per heavy atom. The van der Waals surface area contributed by atoms with Crippen molar-refractivity contribution in [2.24, 2.45) is 5.92 Å². The first-order valence-electron chi connectivity index (χ1n) is 6.60. The fourth-order valence-corrected chi connectivity index (χ4v) is 2.78. The second-order valence-corrected chi connectivity index (χ2v) is 4.84. The van der Waals surface area contributed by atoms with Gasteiger partial charge in [0.2, 0.25) is 0 Å². The molecule has 0 aromatic carbocycles. The first-order chi connectivity index (χ1) is 7.90. The predicted molar refractivity (Wildman–Crippen MR) is 66.3 cm³/mol. The number of aromatic amines is 1. The van der Waals surface area contributed by atoms with Crippen molar-refractivity contribution < 1.29 is 0 Å². The summed E-state index contributed by atoms with van der Waals surface area (Å²) in [6, 6.07) is 0.752. The minimum absolute atomic E-state index is 0.752. The van der Waals surface area contributed by atoms with E-state index in [-0.39, 0.29) is 0 Å². The van der Waals surface area contributed by atoms with Crippen molar-refractivity contribution in [1.29, 1.82) is 0 Å². The SMILES string of the molecule is CCC1CCCCC1NCCc1cnc[nH]1. The van der Waals surface area contributed by atoms with Crippen LogP contribution < -0.4 is 5.32 Å². The Bertz CT molecular complexity index is 281. The zero-order valence-corrected chi connectivity index (χ0v) is 10.2. The van der Waals surface area contributed by atoms with Crippen LogP contribution >= 0.6 is 0 Å². The van der Waals surface area contributed by atoms with Crippen LogP contribution in [0.4, 0.5) is 0 Å². The molecule has 2 unspecified atom stereocenters. The van der Waals surface area contributed by atoms with Crippen LogP contribution in [-0.4, -0.2) is 22.6 Å². The molecule has 3 heteroatoms. The molecule has 1 saturated carbocycles. The molecule has 1 fully saturated rings. The first-order valence-corrected chi connectivity index (χ1v) is 6.60. The number of imidazole rings is 1. The maximum atomic E-state index is 4.04. The molecular weight excluding hydrogens is 198 g/mol. The molecule has 16 heavy (non-hydrogen) atoms. The summed E-state index contributed by atoms with van der Waals surface area (Å²) in [5, 5.41) is 3.71. The van der Waals surface area contributed by atoms with Crippen LogP contribution in [0.2, 0.25) is 0 Å². The van der Waals surface area contributed by atoms with Gasteiger partial charge in [-0.05, 0) is 18.8 Å². The molecule has 0 bridgehead atoms. The van der Waals surface area contributed by atoms with Crippen LogP contribution in [0.15, 0.2) is 12.5 Å². The summed E-state index contributed by atoms with van der Waals surface area (Å²) in [5.41, 5.74) is 1.23. The fourth-order valence-electron chi connectivity index (χ4n) is 2.78. The highest BCUT2D eigenvalue weighted by atomic mass is 14.9. The average molecular weight is 221 g/mol. The first kappa shape index (κ1) is 11.6. The van der Waals surface area contributed by atoms with Gasteiger partial charge in [-0.3, -0.25) is 0 Å². The van der Waals surface area contributed by atoms with Crippen molar-refractivity contribution in [3.05, 3.63) is 18.2 Å². The van der Waals surface area contributed by atoms with E-state index in [2.05, 4.69) is 22.2 Å². The molecule has 1 aromatic rings. The Balaban J connectivity index is 1.71. The summed E-state index contributed by atoms with van der Waals surface area (Å²) >= 11 is 0. The van der Waals surface area contributed by atoms with E-state index in [0.29, 0.717) is 0 Å². The van der Waals surface area contributed by atoms with Gasteiger partial charge in [0.1, 0.15) is 0 Å². The predicted octanol–water partition coefficient (Wildman–Crippen LogP) is 2.51. The number of hydrogen-bond donors (Lipinski definition) is 2. The van der Waals surface area contributed by atoms with Crippen LogP contribution in [0, 0.1) is 5.92 Å². The Morgan fingerprint density at radius 1 is 1.44 bits per heavy atom. The van der Waals surface area contributed by atoms with Crippen molar-refractivity contribution >= 4 is 0 Å². The monoisotopic (exact) mass is 221 g/mol. The van der Waals surface area contributed by atoms with Crippen molar-refractivity contribution in [3.63, 3.8) is 0 Å². The van der Waals surface area contributed by atoms with Crippen LogP contribution in [-0.2, 0) is 6.42 Å². The topological polar surface area (TPSA) is 40.7 Å². The maximum absolute atomic E-state index is 4.04. The van der Waals surface area contributed by atoms with E-state index in [1.807, 2.05) is 6.20 Å². The molecule has 0 saturated heterocycles. The van der Waals surface area contributed by atoms with Crippen molar-refractivity contribution in [3.8, 4) is 0 Å². The van der Waals surface area contributed by atoms with Gasteiger partial charge in [0.05, 0.1) is 6.33 Å². The van der Waals surface area contributed by atoms with E-state index >= 15 is 0 Å². The van der Waals surface area contributed by atoms with Gasteiger partial charge in [-0.1, -0.05) is 26.2 Å². The Labute approximate surface area is 98.1 Å². The molecule has 0 radical (unpaired) electrons. The lowest BCUT2D eigenvalue weighted by Crippen LogP contribution is -2.39. The van der Waals surface area contributed by atoms with Crippen LogP contribution in [0.25, 0.3) is 0 Å². The molecule has 0 amide bonds. The second-order valence-electron chi connectivity index (χ2n) is 4.84. The Kier molecular flexibility index (Phi) is 4.40. The number of hydrogen-bond acceptors (Lipinski definition) is 2. The molecule has 0 spiro atoms. The van der Waals surface area contributed by atoms with Gasteiger partial charge in [-0.15, -0.1) is 0 Å². The summed E-state index contributed by atoms with van der Waals surface area (Å²) in [7, 11) is 0. The van der Waals surface area contributed by atoms with Gasteiger partial charge in [0.15, 0.2) is 0 Å². The normalized spacial score (nSPS) is 25.8. The van der Waals surface area contributed by atoms with Crippen molar-refractivity contribution in [1.82, 2.24) is 15.3 Å². The third kappa shape index (κ3) is 3.08. The minimum atomic E-state index is 0.752. The number of nitrogens with one attached hydrogen (secondary N) is 2. The lowest BCUT2D eigenvalue weighted by atomic mass is 9.83. The lowest BCUT2D eigenvalue weighted by molar-refractivity contribution is 0.257. The highest BCUT2D eigenvalue weighted by molar-refractivity contribution is 4.95. The summed E-state index contributed by atoms with van der Waals surface area (Å²) < 4.78 is 0. The van der Waals surface area contributed by atoms with Crippen molar-refractivity contribution in [2.75, 3.05) is 6.54 Å². The average Bonchev–Trinajstić information content (AvgIpc) is 2.83. The third-order valence-electron chi connectivity index (χ3n) is 3.79. The zero-order valence-electron chi connectivity index (χ0n) is 10.2. The molecule has 1 aliphatic rings. The highest BCUT2D eigenvalue weighted by Crippen LogP contribution is 2.26. The van der Waals surface area contributed by atoms with E-state index < -0.39 is 0 Å². The number of rotatable bonds is 5. The quantitative estimate of drug-likeness (QED) is 0.802. The van der Waals surface area contributed by atoms with Gasteiger partial charge in [-0.2, -0.15) is 0 Å². The van der Waals surface area contributed by atoms with Gasteiger partial charge in [0, 0.05) is 30.9 Å². The van der Waals surface area contributed by atoms with Crippen LogP contribution in [0.1, 0.15) is 44.7 Å². The summed E-state index contributed by atoms with van der Waals surface area (Å²) in [6.45, 7) is 3.39. The molecule has 1 aromatic heterocycles. The van der Waals surface area contributed by atoms with E-state index in [1.54, 1.807) is 6.33 Å². The molecule has 1 heterocycles. The molecule has 1 aliphatic carbocycles. The largest absolute Gasteiger partial charge is 0.348 e. The van der Waals surface area contributed by atoms with Crippen molar-refractivity contribution in [2.45, 2.75) is 51.5 Å². The summed E-state index contributed by atoms with van der Waals surface area (Å²) in [4.78, 5) is 7.18. The molecule has 2 rings (SSSR count). The molecule has 0 aliphatic heterocycles. The standard InChI is InChI=1S/C13H23N3/c1-2-11-5-3-4-6-13(11)15-8-7-12-9-14-10-16-12/h9-11,13,15H,2-8H2,1H3,(H,14,16). The number of aromatic nitrogens is 2. The Morgan fingerprint density at radius 3 is 3.06 bits per heavy atom. The Hall–Kier alpha value is -0.830. The van der Waals surface area contributed by atoms with Gasteiger partial charge >= 0.3 is 0 Å². The number of H-pyrrole nitrogens is 1. The highest BCUT2D eigenvalue weighted by Gasteiger charge is 2.22. The maximum Gasteiger partial charge on any atom is 0.0921 e. The van der Waals surface area contributed by atoms with Gasteiger partial charge in [0.25, 0.3) is 0 Å². The zero-order chi connectivity index (χ0) is 11.2. The molecule has 90 valence electrons. The third-order valence-corrected chi connectivity index (χ3v) is 3.79.